The van der Waals surface area contributed by atoms with Gasteiger partial charge in [0, 0.05) is 50.4 Å². The first-order valence-corrected chi connectivity index (χ1v) is 15.9. The maximum absolute atomic E-state index is 13.0. The van der Waals surface area contributed by atoms with Gasteiger partial charge in [0.15, 0.2) is 0 Å². The molecule has 12 heteroatoms. The largest absolute Gasteiger partial charge is 0.490 e. The molecule has 1 aromatic carbocycles. The fraction of sp³-hybridized carbons (Fsp3) is 0.593. The van der Waals surface area contributed by atoms with Gasteiger partial charge in [-0.15, -0.1) is 0 Å². The van der Waals surface area contributed by atoms with Crippen LogP contribution in [0.1, 0.15) is 38.5 Å². The van der Waals surface area contributed by atoms with Crippen LogP contribution in [0.2, 0.25) is 10.0 Å². The molecule has 1 N–H and O–H groups in total. The molecule has 0 radical (unpaired) electrons. The number of hydrazine groups is 1. The van der Waals surface area contributed by atoms with Gasteiger partial charge in [-0.2, -0.15) is 0 Å². The van der Waals surface area contributed by atoms with E-state index in [1.54, 1.807) is 30.5 Å². The molecule has 1 aromatic rings. The van der Waals surface area contributed by atoms with Crippen LogP contribution >= 0.6 is 23.2 Å². The van der Waals surface area contributed by atoms with Gasteiger partial charge in [-0.25, -0.2) is 18.1 Å². The minimum Gasteiger partial charge on any atom is -0.490 e. The maximum atomic E-state index is 13.0. The first-order chi connectivity index (χ1) is 18.8. The number of nitrogens with one attached hydrogen (secondary N) is 1. The maximum Gasteiger partial charge on any atom is 0.265 e. The number of morpholine rings is 1. The number of rotatable bonds is 7. The van der Waals surface area contributed by atoms with Crippen molar-refractivity contribution in [3.8, 4) is 5.75 Å². The van der Waals surface area contributed by atoms with E-state index in [0.29, 0.717) is 61.8 Å². The average molecular weight is 600 g/mol. The van der Waals surface area contributed by atoms with Crippen LogP contribution in [-0.2, 0) is 19.6 Å². The van der Waals surface area contributed by atoms with Gasteiger partial charge in [0.2, 0.25) is 5.91 Å². The lowest BCUT2D eigenvalue weighted by molar-refractivity contribution is -0.124. The molecule has 3 fully saturated rings. The number of piperidine rings is 1. The van der Waals surface area contributed by atoms with E-state index in [2.05, 4.69) is 14.6 Å². The molecule has 214 valence electrons. The summed E-state index contributed by atoms with van der Waals surface area (Å²) in [6, 6.07) is 5.75. The Hall–Kier alpha value is -1.82. The second-order valence-electron chi connectivity index (χ2n) is 10.5. The number of hydrogen-bond donors (Lipinski definition) is 1. The number of carbonyl (C=O) groups excluding carboxylic acids is 1. The zero-order valence-corrected chi connectivity index (χ0v) is 24.3. The number of nitrogens with zero attached hydrogens (tertiary/aromatic N) is 3. The molecule has 1 aliphatic carbocycles. The zero-order valence-electron chi connectivity index (χ0n) is 21.9. The minimum atomic E-state index is -3.94. The highest BCUT2D eigenvalue weighted by Gasteiger charge is 2.34. The summed E-state index contributed by atoms with van der Waals surface area (Å²) in [5.74, 6) is 0.0349. The molecule has 1 amide bonds. The van der Waals surface area contributed by atoms with Gasteiger partial charge in [0.1, 0.15) is 16.8 Å². The van der Waals surface area contributed by atoms with Crippen molar-refractivity contribution in [1.29, 1.82) is 0 Å². The van der Waals surface area contributed by atoms with Crippen LogP contribution in [0.3, 0.4) is 0 Å². The van der Waals surface area contributed by atoms with E-state index in [1.165, 1.54) is 0 Å². The molecule has 0 aromatic heterocycles. The lowest BCUT2D eigenvalue weighted by atomic mass is 9.84. The van der Waals surface area contributed by atoms with E-state index in [4.69, 9.17) is 32.7 Å². The molecule has 3 aliphatic heterocycles. The molecular weight excluding hydrogens is 563 g/mol. The Morgan fingerprint density at radius 3 is 2.38 bits per heavy atom. The number of benzene rings is 1. The van der Waals surface area contributed by atoms with Crippen molar-refractivity contribution < 1.29 is 22.7 Å². The lowest BCUT2D eigenvalue weighted by Crippen LogP contribution is -2.48. The third kappa shape index (κ3) is 7.28. The van der Waals surface area contributed by atoms with E-state index in [-0.39, 0.29) is 16.9 Å². The molecule has 9 nitrogen and oxygen atoms in total. The Bertz CT molecular complexity index is 1190. The van der Waals surface area contributed by atoms with Gasteiger partial charge < -0.3 is 19.4 Å². The number of halogens is 2. The minimum absolute atomic E-state index is 0.105. The number of likely N-dealkylation sites (tertiary alicyclic amines) is 1. The normalized spacial score (nSPS) is 25.8. The van der Waals surface area contributed by atoms with Crippen molar-refractivity contribution in [2.45, 2.75) is 50.7 Å². The van der Waals surface area contributed by atoms with E-state index in [9.17, 15) is 13.2 Å². The second-order valence-corrected chi connectivity index (χ2v) is 13.0. The highest BCUT2D eigenvalue weighted by Crippen LogP contribution is 2.32. The van der Waals surface area contributed by atoms with Crippen LogP contribution in [0.25, 0.3) is 0 Å². The molecule has 3 heterocycles. The van der Waals surface area contributed by atoms with Crippen LogP contribution in [0.5, 0.6) is 5.75 Å². The SMILES string of the molecule is O=C(NS(=O)(=O)C1=CN(N2CCOCC2)CC=C1)C1CCC(N2CCC(Oc3ccc(Cl)c(Cl)c3)CC2)CC1. The van der Waals surface area contributed by atoms with E-state index >= 15 is 0 Å². The van der Waals surface area contributed by atoms with E-state index in [1.807, 2.05) is 11.1 Å². The summed E-state index contributed by atoms with van der Waals surface area (Å²) in [6.07, 6.45) is 10.1. The number of carbonyl (C=O) groups is 1. The molecule has 1 saturated carbocycles. The number of sulfonamides is 1. The van der Waals surface area contributed by atoms with Gasteiger partial charge in [-0.1, -0.05) is 29.3 Å². The highest BCUT2D eigenvalue weighted by molar-refractivity contribution is 7.94. The zero-order chi connectivity index (χ0) is 27.4. The fourth-order valence-electron chi connectivity index (χ4n) is 5.77. The quantitative estimate of drug-likeness (QED) is 0.507. The predicted molar refractivity (Wildman–Crippen MR) is 151 cm³/mol. The number of amides is 1. The number of ether oxygens (including phenoxy) is 2. The molecule has 2 saturated heterocycles. The molecular formula is C27H36Cl2N4O5S. The summed E-state index contributed by atoms with van der Waals surface area (Å²) in [6.45, 7) is 5.09. The molecule has 0 bridgehead atoms. The van der Waals surface area contributed by atoms with Gasteiger partial charge in [-0.3, -0.25) is 4.79 Å². The average Bonchev–Trinajstić information content (AvgIpc) is 2.96. The Kier molecular flexibility index (Phi) is 9.41. The van der Waals surface area contributed by atoms with Crippen molar-refractivity contribution in [3.63, 3.8) is 0 Å². The summed E-state index contributed by atoms with van der Waals surface area (Å²) < 4.78 is 39.9. The summed E-state index contributed by atoms with van der Waals surface area (Å²) in [5.41, 5.74) is 0. The van der Waals surface area contributed by atoms with Crippen LogP contribution in [0.15, 0.2) is 41.5 Å². The molecule has 0 atom stereocenters. The monoisotopic (exact) mass is 598 g/mol. The number of hydrogen-bond acceptors (Lipinski definition) is 8. The van der Waals surface area contributed by atoms with Gasteiger partial charge in [0.05, 0.1) is 29.8 Å². The first kappa shape index (κ1) is 28.7. The van der Waals surface area contributed by atoms with Crippen molar-refractivity contribution in [1.82, 2.24) is 19.6 Å². The molecule has 0 spiro atoms. The molecule has 0 unspecified atom stereocenters. The lowest BCUT2D eigenvalue weighted by Gasteiger charge is -2.40. The Balaban J connectivity index is 1.07. The third-order valence-electron chi connectivity index (χ3n) is 8.00. The van der Waals surface area contributed by atoms with Crippen molar-refractivity contribution in [3.05, 3.63) is 51.5 Å². The van der Waals surface area contributed by atoms with Crippen LogP contribution < -0.4 is 9.46 Å². The van der Waals surface area contributed by atoms with Crippen molar-refractivity contribution in [2.24, 2.45) is 5.92 Å². The van der Waals surface area contributed by atoms with Crippen LogP contribution in [-0.4, -0.2) is 87.3 Å². The standard InChI is InChI=1S/C27H36Cl2N4O5S/c28-25-8-7-23(18-26(25)29)38-22-9-12-31(13-10-22)21-5-3-20(4-6-21)27(34)30-39(35,36)24-2-1-11-33(19-24)32-14-16-37-17-15-32/h1-2,7-8,18-22H,3-6,9-17H2,(H,30,34). The fourth-order valence-corrected chi connectivity index (χ4v) is 7.14. The molecule has 5 rings (SSSR count). The smallest absolute Gasteiger partial charge is 0.265 e. The summed E-state index contributed by atoms with van der Waals surface area (Å²) in [7, 11) is -3.94. The summed E-state index contributed by atoms with van der Waals surface area (Å²) in [5, 5.41) is 4.94. The van der Waals surface area contributed by atoms with Crippen LogP contribution in [0, 0.1) is 5.92 Å². The molecule has 4 aliphatic rings. The van der Waals surface area contributed by atoms with E-state index < -0.39 is 15.9 Å². The predicted octanol–water partition coefficient (Wildman–Crippen LogP) is 3.80. The van der Waals surface area contributed by atoms with Gasteiger partial charge in [0.25, 0.3) is 10.0 Å². The molecule has 39 heavy (non-hydrogen) atoms. The van der Waals surface area contributed by atoms with Gasteiger partial charge >= 0.3 is 0 Å². The Morgan fingerprint density at radius 2 is 1.69 bits per heavy atom. The first-order valence-electron chi connectivity index (χ1n) is 13.7. The number of allylic oxidation sites excluding steroid dienone is 1. The van der Waals surface area contributed by atoms with Crippen LogP contribution in [0.4, 0.5) is 0 Å². The van der Waals surface area contributed by atoms with E-state index in [0.717, 1.165) is 44.5 Å². The summed E-state index contributed by atoms with van der Waals surface area (Å²) >= 11 is 12.1. The highest BCUT2D eigenvalue weighted by atomic mass is 35.5. The van der Waals surface area contributed by atoms with Gasteiger partial charge in [-0.05, 0) is 56.7 Å². The second kappa shape index (κ2) is 12.8. The van der Waals surface area contributed by atoms with Crippen molar-refractivity contribution >= 4 is 39.1 Å². The third-order valence-corrected chi connectivity index (χ3v) is 10.1. The Labute approximate surface area is 240 Å². The summed E-state index contributed by atoms with van der Waals surface area (Å²) in [4.78, 5) is 15.5. The Morgan fingerprint density at radius 1 is 0.974 bits per heavy atom. The van der Waals surface area contributed by atoms with Crippen molar-refractivity contribution in [2.75, 3.05) is 45.9 Å². The topological polar surface area (TPSA) is 91.4 Å².